The van der Waals surface area contributed by atoms with Crippen LogP contribution in [0, 0.1) is 0 Å². The number of benzene rings is 3. The van der Waals surface area contributed by atoms with Gasteiger partial charge in [0.15, 0.2) is 11.5 Å². The Morgan fingerprint density at radius 3 is 2.25 bits per heavy atom. The largest absolute Gasteiger partial charge is 0.504 e. The number of phenolic OH excluding ortho intramolecular Hbond substituents is 2. The summed E-state index contributed by atoms with van der Waals surface area (Å²) in [7, 11) is 1.55. The van der Waals surface area contributed by atoms with Crippen molar-refractivity contribution >= 4 is 24.1 Å². The summed E-state index contributed by atoms with van der Waals surface area (Å²) in [5.74, 6) is -1.02. The van der Waals surface area contributed by atoms with Crippen molar-refractivity contribution in [3.63, 3.8) is 0 Å². The first-order valence-corrected chi connectivity index (χ1v) is 9.54. The Morgan fingerprint density at radius 2 is 1.59 bits per heavy atom. The summed E-state index contributed by atoms with van der Waals surface area (Å²) in [6.07, 6.45) is 2.80. The molecule has 0 aliphatic rings. The second-order valence-electron chi connectivity index (χ2n) is 6.60. The average Bonchev–Trinajstić information content (AvgIpc) is 2.82. The van der Waals surface area contributed by atoms with E-state index in [9.17, 15) is 19.8 Å². The van der Waals surface area contributed by atoms with Gasteiger partial charge in [-0.2, -0.15) is 5.10 Å². The maximum Gasteiger partial charge on any atom is 0.287 e. The van der Waals surface area contributed by atoms with E-state index in [1.54, 1.807) is 61.7 Å². The van der Waals surface area contributed by atoms with Gasteiger partial charge in [-0.3, -0.25) is 9.59 Å². The molecule has 0 spiro atoms. The number of ether oxygens (including phenoxy) is 1. The molecular formula is C24H21N3O5. The van der Waals surface area contributed by atoms with Gasteiger partial charge in [0.2, 0.25) is 0 Å². The highest BCUT2D eigenvalue weighted by molar-refractivity contribution is 6.05. The topological polar surface area (TPSA) is 120 Å². The zero-order chi connectivity index (χ0) is 22.9. The Morgan fingerprint density at radius 1 is 0.906 bits per heavy atom. The molecule has 32 heavy (non-hydrogen) atoms. The van der Waals surface area contributed by atoms with E-state index < -0.39 is 11.8 Å². The van der Waals surface area contributed by atoms with Gasteiger partial charge in [-0.1, -0.05) is 30.3 Å². The van der Waals surface area contributed by atoms with E-state index in [0.717, 1.165) is 0 Å². The van der Waals surface area contributed by atoms with Crippen molar-refractivity contribution in [2.24, 2.45) is 5.10 Å². The first-order chi connectivity index (χ1) is 15.5. The lowest BCUT2D eigenvalue weighted by atomic mass is 10.1. The number of carbonyl (C=O) groups is 2. The lowest BCUT2D eigenvalue weighted by Gasteiger charge is -2.09. The summed E-state index contributed by atoms with van der Waals surface area (Å²) < 4.78 is 5.13. The fourth-order valence-electron chi connectivity index (χ4n) is 2.66. The molecule has 8 nitrogen and oxygen atoms in total. The quantitative estimate of drug-likeness (QED) is 0.198. The summed E-state index contributed by atoms with van der Waals surface area (Å²) in [4.78, 5) is 25.3. The van der Waals surface area contributed by atoms with Crippen LogP contribution in [0.15, 0.2) is 83.6 Å². The van der Waals surface area contributed by atoms with Crippen LogP contribution in [0.3, 0.4) is 0 Å². The van der Waals surface area contributed by atoms with Crippen molar-refractivity contribution in [1.29, 1.82) is 0 Å². The predicted molar refractivity (Wildman–Crippen MR) is 120 cm³/mol. The number of nitrogens with one attached hydrogen (secondary N) is 2. The molecule has 0 aliphatic heterocycles. The van der Waals surface area contributed by atoms with E-state index in [2.05, 4.69) is 15.8 Å². The van der Waals surface area contributed by atoms with Crippen LogP contribution in [-0.4, -0.2) is 35.4 Å². The molecule has 3 rings (SSSR count). The highest BCUT2D eigenvalue weighted by atomic mass is 16.5. The van der Waals surface area contributed by atoms with Crippen LogP contribution in [0.4, 0.5) is 0 Å². The third-order valence-corrected chi connectivity index (χ3v) is 4.33. The van der Waals surface area contributed by atoms with E-state index in [4.69, 9.17) is 4.74 Å². The van der Waals surface area contributed by atoms with E-state index in [1.165, 1.54) is 30.5 Å². The Labute approximate surface area is 184 Å². The van der Waals surface area contributed by atoms with Crippen molar-refractivity contribution in [2.75, 3.05) is 7.11 Å². The number of nitrogens with zero attached hydrogens (tertiary/aromatic N) is 1. The maximum absolute atomic E-state index is 12.7. The first-order valence-electron chi connectivity index (χ1n) is 9.54. The summed E-state index contributed by atoms with van der Waals surface area (Å²) >= 11 is 0. The van der Waals surface area contributed by atoms with Gasteiger partial charge in [0.1, 0.15) is 11.4 Å². The molecule has 162 valence electrons. The van der Waals surface area contributed by atoms with Gasteiger partial charge in [-0.05, 0) is 59.7 Å². The van der Waals surface area contributed by atoms with Crippen LogP contribution in [0.1, 0.15) is 21.5 Å². The van der Waals surface area contributed by atoms with Gasteiger partial charge in [0.05, 0.1) is 13.3 Å². The van der Waals surface area contributed by atoms with Crippen LogP contribution in [-0.2, 0) is 4.79 Å². The van der Waals surface area contributed by atoms with E-state index in [-0.39, 0.29) is 17.2 Å². The number of amides is 2. The molecule has 0 bridgehead atoms. The van der Waals surface area contributed by atoms with Crippen molar-refractivity contribution in [3.05, 3.63) is 95.2 Å². The normalized spacial score (nSPS) is 11.2. The molecule has 8 heteroatoms. The van der Waals surface area contributed by atoms with Gasteiger partial charge < -0.3 is 20.3 Å². The molecular weight excluding hydrogens is 410 g/mol. The van der Waals surface area contributed by atoms with Crippen LogP contribution in [0.5, 0.6) is 17.2 Å². The van der Waals surface area contributed by atoms with Crippen molar-refractivity contribution in [2.45, 2.75) is 0 Å². The van der Waals surface area contributed by atoms with E-state index in [1.807, 2.05) is 0 Å². The fraction of sp³-hybridized carbons (Fsp3) is 0.0417. The molecule has 3 aromatic carbocycles. The number of hydrazone groups is 1. The molecule has 0 fully saturated rings. The van der Waals surface area contributed by atoms with Crippen LogP contribution < -0.4 is 15.5 Å². The molecule has 0 atom stereocenters. The third kappa shape index (κ3) is 5.96. The molecule has 0 saturated heterocycles. The number of hydrogen-bond donors (Lipinski definition) is 4. The molecule has 0 unspecified atom stereocenters. The highest BCUT2D eigenvalue weighted by Crippen LogP contribution is 2.24. The van der Waals surface area contributed by atoms with Crippen molar-refractivity contribution < 1.29 is 24.5 Å². The monoisotopic (exact) mass is 431 g/mol. The highest BCUT2D eigenvalue weighted by Gasteiger charge is 2.14. The van der Waals surface area contributed by atoms with Crippen LogP contribution >= 0.6 is 0 Å². The van der Waals surface area contributed by atoms with E-state index in [0.29, 0.717) is 22.4 Å². The predicted octanol–water partition coefficient (Wildman–Crippen LogP) is 3.03. The lowest BCUT2D eigenvalue weighted by molar-refractivity contribution is -0.117. The van der Waals surface area contributed by atoms with Gasteiger partial charge in [0.25, 0.3) is 11.8 Å². The van der Waals surface area contributed by atoms with Crippen LogP contribution in [0.25, 0.3) is 6.08 Å². The minimum absolute atomic E-state index is 0.0188. The lowest BCUT2D eigenvalue weighted by Crippen LogP contribution is -2.32. The zero-order valence-corrected chi connectivity index (χ0v) is 17.1. The summed E-state index contributed by atoms with van der Waals surface area (Å²) in [6.45, 7) is 0. The van der Waals surface area contributed by atoms with Gasteiger partial charge in [0, 0.05) is 5.56 Å². The van der Waals surface area contributed by atoms with Gasteiger partial charge in [-0.25, -0.2) is 5.43 Å². The second kappa shape index (κ2) is 10.4. The molecule has 0 saturated carbocycles. The minimum atomic E-state index is -0.649. The molecule has 0 aromatic heterocycles. The molecule has 4 N–H and O–H groups in total. The second-order valence-corrected chi connectivity index (χ2v) is 6.60. The minimum Gasteiger partial charge on any atom is -0.504 e. The van der Waals surface area contributed by atoms with E-state index >= 15 is 0 Å². The number of carbonyl (C=O) groups excluding carboxylic acids is 2. The number of aromatic hydroxyl groups is 2. The third-order valence-electron chi connectivity index (χ3n) is 4.33. The maximum atomic E-state index is 12.7. The number of rotatable bonds is 7. The number of methoxy groups -OCH3 is 1. The molecule has 0 heterocycles. The Bertz CT molecular complexity index is 1160. The smallest absolute Gasteiger partial charge is 0.287 e. The first kappa shape index (κ1) is 22.1. The molecule has 0 radical (unpaired) electrons. The van der Waals surface area contributed by atoms with Gasteiger partial charge in [-0.15, -0.1) is 0 Å². The van der Waals surface area contributed by atoms with Gasteiger partial charge >= 0.3 is 0 Å². The Hall–Kier alpha value is -4.59. The number of hydrogen-bond acceptors (Lipinski definition) is 6. The van der Waals surface area contributed by atoms with Crippen molar-refractivity contribution in [3.8, 4) is 17.2 Å². The summed E-state index contributed by atoms with van der Waals surface area (Å²) in [5, 5.41) is 25.4. The number of phenols is 2. The summed E-state index contributed by atoms with van der Waals surface area (Å²) in [5.41, 5.74) is 3.83. The zero-order valence-electron chi connectivity index (χ0n) is 17.1. The molecule has 2 amide bonds. The molecule has 0 aliphatic carbocycles. The SMILES string of the molecule is COc1ccc(/C=C(/NC(=O)c2ccccc2)C(=O)NN=Cc2ccc(O)c(O)c2)cc1. The standard InChI is InChI=1S/C24H21N3O5/c1-32-19-10-7-16(8-11-19)13-20(26-23(30)18-5-3-2-4-6-18)24(31)27-25-15-17-9-12-21(28)22(29)14-17/h2-15,28-29H,1H3,(H,26,30)(H,27,31)/b20-13+,25-15?. The van der Waals surface area contributed by atoms with Crippen molar-refractivity contribution in [1.82, 2.24) is 10.7 Å². The van der Waals surface area contributed by atoms with Crippen LogP contribution in [0.2, 0.25) is 0 Å². The average molecular weight is 431 g/mol. The molecule has 3 aromatic rings. The Kier molecular flexibility index (Phi) is 7.21. The Balaban J connectivity index is 1.80. The fourth-order valence-corrected chi connectivity index (χ4v) is 2.66. The summed E-state index contributed by atoms with van der Waals surface area (Å²) in [6, 6.07) is 19.5.